The zero-order chi connectivity index (χ0) is 13.2. The van der Waals surface area contributed by atoms with Gasteiger partial charge in [0, 0.05) is 12.6 Å². The minimum Gasteiger partial charge on any atom is -0.457 e. The molecule has 2 fully saturated rings. The molecule has 3 rings (SSSR count). The van der Waals surface area contributed by atoms with Crippen molar-refractivity contribution in [3.05, 3.63) is 22.6 Å². The summed E-state index contributed by atoms with van der Waals surface area (Å²) in [6, 6.07) is 2.19. The molecule has 4 nitrogen and oxygen atoms in total. The van der Waals surface area contributed by atoms with Crippen molar-refractivity contribution in [1.29, 1.82) is 0 Å². The van der Waals surface area contributed by atoms with Crippen molar-refractivity contribution in [2.75, 3.05) is 19.6 Å². The first kappa shape index (κ1) is 13.2. The largest absolute Gasteiger partial charge is 0.457 e. The summed E-state index contributed by atoms with van der Waals surface area (Å²) < 4.78 is 5.73. The normalized spacial score (nSPS) is 23.3. The highest BCUT2D eigenvalue weighted by Crippen LogP contribution is 2.31. The van der Waals surface area contributed by atoms with Crippen LogP contribution in [0.2, 0.25) is 0 Å². The third kappa shape index (κ3) is 3.03. The van der Waals surface area contributed by atoms with Crippen LogP contribution in [0.25, 0.3) is 0 Å². The molecule has 2 heterocycles. The maximum atomic E-state index is 12.6. The molecule has 5 heteroatoms. The molecule has 0 radical (unpaired) electrons. The summed E-state index contributed by atoms with van der Waals surface area (Å²) in [6.07, 6.45) is 6.27. The maximum absolute atomic E-state index is 12.6. The van der Waals surface area contributed by atoms with Crippen LogP contribution in [-0.2, 0) is 0 Å². The van der Waals surface area contributed by atoms with E-state index in [1.54, 1.807) is 12.3 Å². The Hall–Kier alpha value is -0.810. The van der Waals surface area contributed by atoms with Gasteiger partial charge in [0.15, 0.2) is 4.67 Å². The van der Waals surface area contributed by atoms with E-state index in [2.05, 4.69) is 21.2 Å². The van der Waals surface area contributed by atoms with Crippen molar-refractivity contribution in [2.24, 2.45) is 5.92 Å². The number of rotatable bonds is 4. The van der Waals surface area contributed by atoms with Crippen molar-refractivity contribution in [3.63, 3.8) is 0 Å². The lowest BCUT2D eigenvalue weighted by Gasteiger charge is -2.30. The number of amides is 1. The molecule has 19 heavy (non-hydrogen) atoms. The van der Waals surface area contributed by atoms with Gasteiger partial charge >= 0.3 is 0 Å². The molecule has 1 aliphatic heterocycles. The lowest BCUT2D eigenvalue weighted by Crippen LogP contribution is -2.42. The molecule has 0 spiro atoms. The Balaban J connectivity index is 1.70. The van der Waals surface area contributed by atoms with Crippen molar-refractivity contribution in [2.45, 2.75) is 31.7 Å². The third-order valence-electron chi connectivity index (χ3n) is 3.95. The number of carbonyl (C=O) groups excluding carboxylic acids is 1. The van der Waals surface area contributed by atoms with Crippen molar-refractivity contribution in [3.8, 4) is 0 Å². The molecule has 0 aromatic carbocycles. The minimum atomic E-state index is 0.105. The SMILES string of the molecule is O=C(c1ccoc1Br)N(CC1CCCNC1)C1CC1. The van der Waals surface area contributed by atoms with Gasteiger partial charge in [-0.25, -0.2) is 0 Å². The van der Waals surface area contributed by atoms with Crippen LogP contribution in [0.15, 0.2) is 21.4 Å². The average Bonchev–Trinajstić information content (AvgIpc) is 3.18. The molecule has 1 atom stereocenters. The maximum Gasteiger partial charge on any atom is 0.258 e. The van der Waals surface area contributed by atoms with Gasteiger partial charge in [0.1, 0.15) is 0 Å². The Morgan fingerprint density at radius 2 is 2.32 bits per heavy atom. The molecule has 1 aromatic rings. The Bertz CT molecular complexity index is 450. The fourth-order valence-electron chi connectivity index (χ4n) is 2.74. The number of nitrogens with zero attached hydrogens (tertiary/aromatic N) is 1. The zero-order valence-electron chi connectivity index (χ0n) is 10.9. The molecule has 1 N–H and O–H groups in total. The van der Waals surface area contributed by atoms with E-state index in [1.165, 1.54) is 12.8 Å². The molecule has 2 aliphatic rings. The molecular formula is C14H19BrN2O2. The summed E-state index contributed by atoms with van der Waals surface area (Å²) in [5, 5.41) is 3.42. The van der Waals surface area contributed by atoms with Crippen LogP contribution in [-0.4, -0.2) is 36.5 Å². The first-order chi connectivity index (χ1) is 9.25. The van der Waals surface area contributed by atoms with Crippen molar-refractivity contribution < 1.29 is 9.21 Å². The summed E-state index contributed by atoms with van der Waals surface area (Å²) in [7, 11) is 0. The number of carbonyl (C=O) groups is 1. The van der Waals surface area contributed by atoms with Crippen LogP contribution in [0.5, 0.6) is 0 Å². The van der Waals surface area contributed by atoms with Crippen LogP contribution < -0.4 is 5.32 Å². The smallest absolute Gasteiger partial charge is 0.258 e. The predicted molar refractivity (Wildman–Crippen MR) is 76.1 cm³/mol. The second-order valence-corrected chi connectivity index (χ2v) is 6.23. The lowest BCUT2D eigenvalue weighted by molar-refractivity contribution is 0.0702. The Morgan fingerprint density at radius 1 is 1.47 bits per heavy atom. The highest BCUT2D eigenvalue weighted by molar-refractivity contribution is 9.10. The minimum absolute atomic E-state index is 0.105. The molecule has 1 saturated carbocycles. The molecule has 104 valence electrons. The van der Waals surface area contributed by atoms with Gasteiger partial charge in [-0.05, 0) is 66.7 Å². The van der Waals surface area contributed by atoms with Gasteiger partial charge in [-0.2, -0.15) is 0 Å². The van der Waals surface area contributed by atoms with E-state index in [1.807, 2.05) is 4.90 Å². The third-order valence-corrected chi connectivity index (χ3v) is 4.56. The Labute approximate surface area is 121 Å². The van der Waals surface area contributed by atoms with E-state index in [0.717, 1.165) is 32.5 Å². The van der Waals surface area contributed by atoms with Crippen LogP contribution in [0.1, 0.15) is 36.0 Å². The van der Waals surface area contributed by atoms with Crippen molar-refractivity contribution in [1.82, 2.24) is 10.2 Å². The topological polar surface area (TPSA) is 45.5 Å². The second kappa shape index (κ2) is 5.67. The van der Waals surface area contributed by atoms with Gasteiger partial charge in [-0.1, -0.05) is 0 Å². The standard InChI is InChI=1S/C14H19BrN2O2/c15-13-12(5-7-19-13)14(18)17(11-3-4-11)9-10-2-1-6-16-8-10/h5,7,10-11,16H,1-4,6,8-9H2. The van der Waals surface area contributed by atoms with E-state index in [9.17, 15) is 4.79 Å². The van der Waals surface area contributed by atoms with Crippen molar-refractivity contribution >= 4 is 21.8 Å². The molecular weight excluding hydrogens is 308 g/mol. The first-order valence-electron chi connectivity index (χ1n) is 7.00. The van der Waals surface area contributed by atoms with Gasteiger partial charge < -0.3 is 14.6 Å². The fraction of sp³-hybridized carbons (Fsp3) is 0.643. The van der Waals surface area contributed by atoms with Crippen LogP contribution in [0.3, 0.4) is 0 Å². The molecule has 1 saturated heterocycles. The molecule has 1 aliphatic carbocycles. The van der Waals surface area contributed by atoms with E-state index < -0.39 is 0 Å². The molecule has 1 amide bonds. The number of furan rings is 1. The summed E-state index contributed by atoms with van der Waals surface area (Å²) in [4.78, 5) is 14.6. The van der Waals surface area contributed by atoms with Crippen LogP contribution >= 0.6 is 15.9 Å². The van der Waals surface area contributed by atoms with Crippen LogP contribution in [0.4, 0.5) is 0 Å². The zero-order valence-corrected chi connectivity index (χ0v) is 12.5. The number of halogens is 1. The Morgan fingerprint density at radius 3 is 2.89 bits per heavy atom. The van der Waals surface area contributed by atoms with Gasteiger partial charge in [0.25, 0.3) is 5.91 Å². The monoisotopic (exact) mass is 326 g/mol. The van der Waals surface area contributed by atoms with Crippen LogP contribution in [0, 0.1) is 5.92 Å². The Kier molecular flexibility index (Phi) is 3.93. The number of hydrogen-bond acceptors (Lipinski definition) is 3. The average molecular weight is 327 g/mol. The molecule has 1 unspecified atom stereocenters. The highest BCUT2D eigenvalue weighted by Gasteiger charge is 2.35. The van der Waals surface area contributed by atoms with Gasteiger partial charge in [-0.15, -0.1) is 0 Å². The van der Waals surface area contributed by atoms with E-state index in [0.29, 0.717) is 22.2 Å². The van der Waals surface area contributed by atoms with Gasteiger partial charge in [0.2, 0.25) is 0 Å². The molecule has 1 aromatic heterocycles. The number of hydrogen-bond donors (Lipinski definition) is 1. The fourth-order valence-corrected chi connectivity index (χ4v) is 3.15. The quantitative estimate of drug-likeness (QED) is 0.925. The van der Waals surface area contributed by atoms with Gasteiger partial charge in [0.05, 0.1) is 11.8 Å². The van der Waals surface area contributed by atoms with E-state index in [-0.39, 0.29) is 5.91 Å². The van der Waals surface area contributed by atoms with E-state index in [4.69, 9.17) is 4.42 Å². The summed E-state index contributed by atoms with van der Waals surface area (Å²) in [6.45, 7) is 3.01. The predicted octanol–water partition coefficient (Wildman–Crippen LogP) is 2.65. The number of piperidine rings is 1. The van der Waals surface area contributed by atoms with Gasteiger partial charge in [-0.3, -0.25) is 4.79 Å². The number of nitrogens with one attached hydrogen (secondary N) is 1. The lowest BCUT2D eigenvalue weighted by atomic mass is 9.98. The first-order valence-corrected chi connectivity index (χ1v) is 7.79. The summed E-state index contributed by atoms with van der Waals surface area (Å²) >= 11 is 3.30. The summed E-state index contributed by atoms with van der Waals surface area (Å²) in [5.41, 5.74) is 0.649. The highest BCUT2D eigenvalue weighted by atomic mass is 79.9. The molecule has 0 bridgehead atoms. The van der Waals surface area contributed by atoms with E-state index >= 15 is 0 Å². The summed E-state index contributed by atoms with van der Waals surface area (Å²) in [5.74, 6) is 0.692. The second-order valence-electron chi connectivity index (χ2n) is 5.51.